The average Bonchev–Trinajstić information content (AvgIpc) is 2.84. The number of fused-ring (bicyclic) bond motifs is 1. The van der Waals surface area contributed by atoms with Gasteiger partial charge in [-0.1, -0.05) is 0 Å². The van der Waals surface area contributed by atoms with E-state index < -0.39 is 0 Å². The van der Waals surface area contributed by atoms with E-state index in [0.29, 0.717) is 41.5 Å². The first-order valence-corrected chi connectivity index (χ1v) is 7.81. The number of hydrogen-bond acceptors (Lipinski definition) is 4. The Kier molecular flexibility index (Phi) is 4.10. The first-order valence-electron chi connectivity index (χ1n) is 7.81. The molecule has 21 heavy (non-hydrogen) atoms. The van der Waals surface area contributed by atoms with E-state index in [1.165, 1.54) is 0 Å². The van der Waals surface area contributed by atoms with E-state index in [-0.39, 0.29) is 11.7 Å². The topological polar surface area (TPSA) is 71.3 Å². The van der Waals surface area contributed by atoms with E-state index in [1.807, 2.05) is 6.92 Å². The van der Waals surface area contributed by atoms with Crippen LogP contribution in [-0.2, 0) is 6.42 Å². The predicted octanol–water partition coefficient (Wildman–Crippen LogP) is 1.84. The van der Waals surface area contributed by atoms with Gasteiger partial charge in [0, 0.05) is 24.9 Å². The van der Waals surface area contributed by atoms with E-state index in [2.05, 4.69) is 10.6 Å². The van der Waals surface area contributed by atoms with E-state index >= 15 is 0 Å². The summed E-state index contributed by atoms with van der Waals surface area (Å²) in [7, 11) is 0. The molecule has 1 aliphatic heterocycles. The molecule has 5 nitrogen and oxygen atoms in total. The normalized spacial score (nSPS) is 22.0. The second-order valence-corrected chi connectivity index (χ2v) is 6.05. The van der Waals surface area contributed by atoms with Gasteiger partial charge in [0.2, 0.25) is 0 Å². The van der Waals surface area contributed by atoms with Crippen molar-refractivity contribution in [3.8, 4) is 0 Å². The highest BCUT2D eigenvalue weighted by molar-refractivity contribution is 6.03. The fourth-order valence-corrected chi connectivity index (χ4v) is 3.28. The van der Waals surface area contributed by atoms with Crippen LogP contribution in [0.2, 0.25) is 0 Å². The van der Waals surface area contributed by atoms with Gasteiger partial charge in [-0.05, 0) is 45.2 Å². The summed E-state index contributed by atoms with van der Waals surface area (Å²) < 4.78 is 5.66. The summed E-state index contributed by atoms with van der Waals surface area (Å²) >= 11 is 0. The summed E-state index contributed by atoms with van der Waals surface area (Å²) in [4.78, 5) is 24.2. The van der Waals surface area contributed by atoms with Crippen molar-refractivity contribution in [3.63, 3.8) is 0 Å². The number of amides is 1. The molecule has 1 aromatic heterocycles. The number of furan rings is 1. The van der Waals surface area contributed by atoms with E-state index in [0.717, 1.165) is 38.8 Å². The highest BCUT2D eigenvalue weighted by Crippen LogP contribution is 2.29. The number of carbonyl (C=O) groups is 2. The largest absolute Gasteiger partial charge is 0.455 e. The number of nitrogens with one attached hydrogen (secondary N) is 2. The number of rotatable bonds is 3. The van der Waals surface area contributed by atoms with Crippen molar-refractivity contribution in [2.24, 2.45) is 5.92 Å². The molecule has 2 aliphatic rings. The molecular weight excluding hydrogens is 268 g/mol. The molecule has 0 aromatic carbocycles. The van der Waals surface area contributed by atoms with Gasteiger partial charge < -0.3 is 15.1 Å². The molecule has 0 saturated carbocycles. The Morgan fingerprint density at radius 3 is 2.95 bits per heavy atom. The molecule has 1 fully saturated rings. The Morgan fingerprint density at radius 1 is 1.38 bits per heavy atom. The minimum atomic E-state index is -0.194. The first-order chi connectivity index (χ1) is 10.2. The van der Waals surface area contributed by atoms with Gasteiger partial charge in [0.1, 0.15) is 5.76 Å². The van der Waals surface area contributed by atoms with E-state index in [4.69, 9.17) is 4.42 Å². The maximum atomic E-state index is 12.3. The van der Waals surface area contributed by atoms with Crippen LogP contribution in [0.4, 0.5) is 0 Å². The standard InChI is InChI=1S/C16H22N2O3/c1-10-14-12(19)5-2-6-13(14)21-15(10)16(20)18-9-11-4-3-7-17-8-11/h11,17H,2-9H2,1H3,(H,18,20). The zero-order valence-corrected chi connectivity index (χ0v) is 12.5. The van der Waals surface area contributed by atoms with Crippen LogP contribution in [0.5, 0.6) is 0 Å². The lowest BCUT2D eigenvalue weighted by Gasteiger charge is -2.22. The van der Waals surface area contributed by atoms with Crippen molar-refractivity contribution in [3.05, 3.63) is 22.6 Å². The van der Waals surface area contributed by atoms with Crippen LogP contribution >= 0.6 is 0 Å². The molecular formula is C16H22N2O3. The Morgan fingerprint density at radius 2 is 2.24 bits per heavy atom. The van der Waals surface area contributed by atoms with Gasteiger partial charge in [-0.15, -0.1) is 0 Å². The second-order valence-electron chi connectivity index (χ2n) is 6.05. The molecule has 2 N–H and O–H groups in total. The number of carbonyl (C=O) groups excluding carboxylic acids is 2. The highest BCUT2D eigenvalue weighted by Gasteiger charge is 2.28. The molecule has 1 amide bonds. The van der Waals surface area contributed by atoms with Crippen LogP contribution in [0.1, 0.15) is 57.9 Å². The molecule has 0 spiro atoms. The van der Waals surface area contributed by atoms with Gasteiger partial charge in [0.25, 0.3) is 5.91 Å². The van der Waals surface area contributed by atoms with Gasteiger partial charge >= 0.3 is 0 Å². The summed E-state index contributed by atoms with van der Waals surface area (Å²) in [5.74, 6) is 1.40. The summed E-state index contributed by atoms with van der Waals surface area (Å²) in [6, 6.07) is 0. The number of Topliss-reactive ketones (excluding diaryl/α,β-unsaturated/α-hetero) is 1. The van der Waals surface area contributed by atoms with Gasteiger partial charge in [-0.25, -0.2) is 0 Å². The molecule has 2 heterocycles. The molecule has 114 valence electrons. The maximum Gasteiger partial charge on any atom is 0.287 e. The third-order valence-electron chi connectivity index (χ3n) is 4.46. The quantitative estimate of drug-likeness (QED) is 0.891. The predicted molar refractivity (Wildman–Crippen MR) is 78.6 cm³/mol. The lowest BCUT2D eigenvalue weighted by Crippen LogP contribution is -2.38. The lowest BCUT2D eigenvalue weighted by atomic mass is 9.94. The smallest absolute Gasteiger partial charge is 0.287 e. The van der Waals surface area contributed by atoms with E-state index in [1.54, 1.807) is 0 Å². The van der Waals surface area contributed by atoms with E-state index in [9.17, 15) is 9.59 Å². The fourth-order valence-electron chi connectivity index (χ4n) is 3.28. The van der Waals surface area contributed by atoms with Crippen molar-refractivity contribution in [2.75, 3.05) is 19.6 Å². The Labute approximate surface area is 124 Å². The maximum absolute atomic E-state index is 12.3. The molecule has 3 rings (SSSR count). The van der Waals surface area contributed by atoms with Gasteiger partial charge in [0.05, 0.1) is 5.56 Å². The van der Waals surface area contributed by atoms with Crippen molar-refractivity contribution in [2.45, 2.75) is 39.0 Å². The molecule has 1 unspecified atom stereocenters. The van der Waals surface area contributed by atoms with Crippen molar-refractivity contribution in [1.29, 1.82) is 0 Å². The average molecular weight is 290 g/mol. The summed E-state index contributed by atoms with van der Waals surface area (Å²) in [6.45, 7) is 4.48. The lowest BCUT2D eigenvalue weighted by molar-refractivity contribution is 0.0911. The molecule has 1 aromatic rings. The minimum absolute atomic E-state index is 0.105. The Hall–Kier alpha value is -1.62. The van der Waals surface area contributed by atoms with Crippen LogP contribution < -0.4 is 10.6 Å². The van der Waals surface area contributed by atoms with Crippen LogP contribution in [0.15, 0.2) is 4.42 Å². The third-order valence-corrected chi connectivity index (χ3v) is 4.46. The number of ketones is 1. The van der Waals surface area contributed by atoms with Crippen LogP contribution in [0, 0.1) is 12.8 Å². The van der Waals surface area contributed by atoms with Gasteiger partial charge in [-0.2, -0.15) is 0 Å². The summed E-state index contributed by atoms with van der Waals surface area (Å²) in [5.41, 5.74) is 1.35. The Bertz CT molecular complexity index is 556. The number of piperidine rings is 1. The molecule has 0 bridgehead atoms. The molecule has 1 saturated heterocycles. The second kappa shape index (κ2) is 6.02. The number of hydrogen-bond donors (Lipinski definition) is 2. The number of aryl methyl sites for hydroxylation is 1. The minimum Gasteiger partial charge on any atom is -0.455 e. The van der Waals surface area contributed by atoms with Crippen molar-refractivity contribution in [1.82, 2.24) is 10.6 Å². The molecule has 0 radical (unpaired) electrons. The first kappa shape index (κ1) is 14.3. The van der Waals surface area contributed by atoms with Crippen molar-refractivity contribution >= 4 is 11.7 Å². The fraction of sp³-hybridized carbons (Fsp3) is 0.625. The molecule has 1 atom stereocenters. The molecule has 1 aliphatic carbocycles. The summed E-state index contributed by atoms with van der Waals surface area (Å²) in [6.07, 6.45) is 4.42. The van der Waals surface area contributed by atoms with Crippen molar-refractivity contribution < 1.29 is 14.0 Å². The SMILES string of the molecule is Cc1c(C(=O)NCC2CCCNC2)oc2c1C(=O)CCC2. The third kappa shape index (κ3) is 2.88. The zero-order chi connectivity index (χ0) is 14.8. The van der Waals surface area contributed by atoms with Crippen LogP contribution in [0.3, 0.4) is 0 Å². The van der Waals surface area contributed by atoms with Gasteiger partial charge in [-0.3, -0.25) is 9.59 Å². The van der Waals surface area contributed by atoms with Crippen LogP contribution in [0.25, 0.3) is 0 Å². The highest BCUT2D eigenvalue weighted by atomic mass is 16.4. The monoisotopic (exact) mass is 290 g/mol. The Balaban J connectivity index is 1.68. The molecule has 5 heteroatoms. The van der Waals surface area contributed by atoms with Gasteiger partial charge in [0.15, 0.2) is 11.5 Å². The van der Waals surface area contributed by atoms with Crippen LogP contribution in [-0.4, -0.2) is 31.3 Å². The zero-order valence-electron chi connectivity index (χ0n) is 12.5. The summed E-state index contributed by atoms with van der Waals surface area (Å²) in [5, 5.41) is 6.29.